The minimum absolute atomic E-state index is 0.167. The summed E-state index contributed by atoms with van der Waals surface area (Å²) in [6, 6.07) is 0. The van der Waals surface area contributed by atoms with Crippen molar-refractivity contribution in [3.63, 3.8) is 0 Å². The van der Waals surface area contributed by atoms with Crippen LogP contribution in [0, 0.1) is 0 Å². The van der Waals surface area contributed by atoms with Gasteiger partial charge in [0, 0.05) is 5.88 Å². The van der Waals surface area contributed by atoms with E-state index in [1.807, 2.05) is 0 Å². The molecule has 0 aliphatic carbocycles. The zero-order chi connectivity index (χ0) is 7.28. The van der Waals surface area contributed by atoms with Crippen LogP contribution in [0.15, 0.2) is 0 Å². The summed E-state index contributed by atoms with van der Waals surface area (Å²) in [7, 11) is 0. The molecule has 1 unspecified atom stereocenters. The van der Waals surface area contributed by atoms with Gasteiger partial charge in [-0.15, -0.1) is 11.6 Å². The molecule has 9 heavy (non-hydrogen) atoms. The Bertz CT molecular complexity index is 97.0. The largest absolute Gasteiger partial charge is 0.447 e. The van der Waals surface area contributed by atoms with E-state index in [9.17, 15) is 4.79 Å². The second kappa shape index (κ2) is 4.44. The maximum atomic E-state index is 10.0. The van der Waals surface area contributed by atoms with Crippen molar-refractivity contribution >= 4 is 17.7 Å². The third-order valence-electron chi connectivity index (χ3n) is 0.833. The molecule has 0 bridgehead atoms. The van der Waals surface area contributed by atoms with E-state index in [-0.39, 0.29) is 6.10 Å². The first-order chi connectivity index (χ1) is 4.16. The third-order valence-corrected chi connectivity index (χ3v) is 1.05. The Labute approximate surface area is 59.1 Å². The molecule has 0 aliphatic rings. The highest BCUT2D eigenvalue weighted by Crippen LogP contribution is 1.97. The van der Waals surface area contributed by atoms with Crippen LogP contribution < -0.4 is 5.73 Å². The molecule has 0 fully saturated rings. The average Bonchev–Trinajstić information content (AvgIpc) is 1.63. The van der Waals surface area contributed by atoms with E-state index in [1.165, 1.54) is 0 Å². The summed E-state index contributed by atoms with van der Waals surface area (Å²) in [5.41, 5.74) is 4.72. The van der Waals surface area contributed by atoms with Gasteiger partial charge in [0.05, 0.1) is 0 Å². The number of alkyl halides is 1. The molecule has 0 aromatic rings. The number of rotatable bonds is 3. The van der Waals surface area contributed by atoms with Crippen LogP contribution in [0.2, 0.25) is 0 Å². The van der Waals surface area contributed by atoms with Gasteiger partial charge in [0.1, 0.15) is 6.10 Å². The zero-order valence-electron chi connectivity index (χ0n) is 5.26. The summed E-state index contributed by atoms with van der Waals surface area (Å²) in [5, 5.41) is 0. The molecule has 3 nitrogen and oxygen atoms in total. The number of amides is 1. The highest BCUT2D eigenvalue weighted by atomic mass is 35.5. The van der Waals surface area contributed by atoms with Gasteiger partial charge < -0.3 is 10.5 Å². The molecule has 1 amide bonds. The molecule has 0 saturated heterocycles. The number of primary amides is 1. The maximum Gasteiger partial charge on any atom is 0.404 e. The van der Waals surface area contributed by atoms with Crippen LogP contribution in [0.4, 0.5) is 4.79 Å². The molecule has 0 radical (unpaired) electrons. The van der Waals surface area contributed by atoms with Crippen LogP contribution in [0.5, 0.6) is 0 Å². The Morgan fingerprint density at radius 3 is 2.78 bits per heavy atom. The van der Waals surface area contributed by atoms with E-state index in [1.54, 1.807) is 6.92 Å². The van der Waals surface area contributed by atoms with Gasteiger partial charge in [0.2, 0.25) is 0 Å². The first-order valence-electron chi connectivity index (χ1n) is 2.69. The number of hydrogen-bond donors (Lipinski definition) is 1. The van der Waals surface area contributed by atoms with Gasteiger partial charge in [-0.3, -0.25) is 0 Å². The van der Waals surface area contributed by atoms with Gasteiger partial charge in [-0.05, 0) is 13.3 Å². The highest BCUT2D eigenvalue weighted by Gasteiger charge is 2.02. The van der Waals surface area contributed by atoms with Gasteiger partial charge in [-0.25, -0.2) is 4.79 Å². The smallest absolute Gasteiger partial charge is 0.404 e. The minimum atomic E-state index is -0.743. The molecule has 0 spiro atoms. The number of carbonyl (C=O) groups excluding carboxylic acids is 1. The van der Waals surface area contributed by atoms with Crippen molar-refractivity contribution in [2.24, 2.45) is 5.73 Å². The fraction of sp³-hybridized carbons (Fsp3) is 0.800. The van der Waals surface area contributed by atoms with Crippen molar-refractivity contribution in [2.45, 2.75) is 19.4 Å². The van der Waals surface area contributed by atoms with Crippen molar-refractivity contribution in [3.05, 3.63) is 0 Å². The van der Waals surface area contributed by atoms with Gasteiger partial charge in [-0.1, -0.05) is 0 Å². The number of nitrogens with two attached hydrogens (primary N) is 1. The predicted octanol–water partition coefficient (Wildman–Crippen LogP) is 1.10. The summed E-state index contributed by atoms with van der Waals surface area (Å²) >= 11 is 5.35. The van der Waals surface area contributed by atoms with Crippen molar-refractivity contribution < 1.29 is 9.53 Å². The van der Waals surface area contributed by atoms with E-state index in [0.717, 1.165) is 0 Å². The minimum Gasteiger partial charge on any atom is -0.447 e. The van der Waals surface area contributed by atoms with Crippen molar-refractivity contribution in [2.75, 3.05) is 5.88 Å². The third kappa shape index (κ3) is 5.43. The summed E-state index contributed by atoms with van der Waals surface area (Å²) in [6.07, 6.45) is -0.266. The molecule has 0 aliphatic heterocycles. The van der Waals surface area contributed by atoms with E-state index in [4.69, 9.17) is 17.3 Å². The lowest BCUT2D eigenvalue weighted by molar-refractivity contribution is 0.114. The lowest BCUT2D eigenvalue weighted by Crippen LogP contribution is -2.20. The summed E-state index contributed by atoms with van der Waals surface area (Å²) in [6.45, 7) is 1.74. The van der Waals surface area contributed by atoms with Crippen LogP contribution in [0.25, 0.3) is 0 Å². The Kier molecular flexibility index (Phi) is 4.22. The SMILES string of the molecule is CC(CCCl)OC(N)=O. The lowest BCUT2D eigenvalue weighted by atomic mass is 10.3. The molecule has 4 heteroatoms. The molecule has 54 valence electrons. The predicted molar refractivity (Wildman–Crippen MR) is 35.5 cm³/mol. The van der Waals surface area contributed by atoms with E-state index in [0.29, 0.717) is 12.3 Å². The number of ether oxygens (including phenoxy) is 1. The maximum absolute atomic E-state index is 10.0. The number of hydrogen-bond acceptors (Lipinski definition) is 2. The summed E-state index contributed by atoms with van der Waals surface area (Å²) in [4.78, 5) is 10.0. The van der Waals surface area contributed by atoms with Crippen molar-refractivity contribution in [1.29, 1.82) is 0 Å². The Hall–Kier alpha value is -0.440. The molecule has 2 N–H and O–H groups in total. The second-order valence-electron chi connectivity index (χ2n) is 1.73. The fourth-order valence-corrected chi connectivity index (χ4v) is 0.718. The monoisotopic (exact) mass is 151 g/mol. The summed E-state index contributed by atoms with van der Waals surface area (Å²) < 4.78 is 4.54. The molecule has 0 saturated carbocycles. The summed E-state index contributed by atoms with van der Waals surface area (Å²) in [5.74, 6) is 0.481. The first-order valence-corrected chi connectivity index (χ1v) is 3.22. The molecular formula is C5H10ClNO2. The van der Waals surface area contributed by atoms with Crippen LogP contribution >= 0.6 is 11.6 Å². The first kappa shape index (κ1) is 8.56. The fourth-order valence-electron chi connectivity index (χ4n) is 0.411. The van der Waals surface area contributed by atoms with Crippen molar-refractivity contribution in [3.8, 4) is 0 Å². The quantitative estimate of drug-likeness (QED) is 0.615. The second-order valence-corrected chi connectivity index (χ2v) is 2.10. The number of carbonyl (C=O) groups is 1. The van der Waals surface area contributed by atoms with Crippen LogP contribution in [-0.4, -0.2) is 18.1 Å². The van der Waals surface area contributed by atoms with Crippen molar-refractivity contribution in [1.82, 2.24) is 0 Å². The average molecular weight is 152 g/mol. The van der Waals surface area contributed by atoms with Gasteiger partial charge in [0.25, 0.3) is 0 Å². The molecular weight excluding hydrogens is 142 g/mol. The van der Waals surface area contributed by atoms with Gasteiger partial charge in [-0.2, -0.15) is 0 Å². The normalized spacial score (nSPS) is 12.7. The molecule has 0 aromatic carbocycles. The highest BCUT2D eigenvalue weighted by molar-refractivity contribution is 6.17. The Balaban J connectivity index is 3.26. The van der Waals surface area contributed by atoms with Gasteiger partial charge >= 0.3 is 6.09 Å². The topological polar surface area (TPSA) is 52.3 Å². The molecule has 0 heterocycles. The number of halogens is 1. The molecule has 0 rings (SSSR count). The van der Waals surface area contributed by atoms with E-state index >= 15 is 0 Å². The van der Waals surface area contributed by atoms with Crippen LogP contribution in [0.3, 0.4) is 0 Å². The van der Waals surface area contributed by atoms with Gasteiger partial charge in [0.15, 0.2) is 0 Å². The molecule has 1 atom stereocenters. The standard InChI is InChI=1S/C5H10ClNO2/c1-4(2-3-6)9-5(7)8/h4H,2-3H2,1H3,(H2,7,8). The van der Waals surface area contributed by atoms with Crippen LogP contribution in [0.1, 0.15) is 13.3 Å². The Morgan fingerprint density at radius 1 is 1.89 bits per heavy atom. The van der Waals surface area contributed by atoms with E-state index in [2.05, 4.69) is 4.74 Å². The molecule has 0 aromatic heterocycles. The van der Waals surface area contributed by atoms with Crippen LogP contribution in [-0.2, 0) is 4.74 Å². The van der Waals surface area contributed by atoms with E-state index < -0.39 is 6.09 Å². The zero-order valence-corrected chi connectivity index (χ0v) is 6.02. The lowest BCUT2D eigenvalue weighted by Gasteiger charge is -2.07. The Morgan fingerprint density at radius 2 is 2.44 bits per heavy atom.